The van der Waals surface area contributed by atoms with E-state index >= 15 is 0 Å². The number of imidazole rings is 1. The molecule has 0 atom stereocenters. The van der Waals surface area contributed by atoms with Gasteiger partial charge >= 0.3 is 0 Å². The second kappa shape index (κ2) is 5.09. The summed E-state index contributed by atoms with van der Waals surface area (Å²) in [4.78, 5) is 20.6. The number of carbonyl (C=O) groups excluding carboxylic acids is 1. The Morgan fingerprint density at radius 3 is 2.92 bits per heavy atom. The van der Waals surface area contributed by atoms with Crippen LogP contribution in [0.4, 0.5) is 5.69 Å². The fourth-order valence-corrected chi connectivity index (χ4v) is 3.44. The van der Waals surface area contributed by atoms with Crippen molar-refractivity contribution in [1.29, 1.82) is 0 Å². The van der Waals surface area contributed by atoms with E-state index in [9.17, 15) is 4.79 Å². The van der Waals surface area contributed by atoms with Crippen molar-refractivity contribution in [2.45, 2.75) is 32.7 Å². The number of benzene rings is 1. The molecule has 1 aliphatic heterocycles. The number of hydrogen-bond acceptors (Lipinski definition) is 2. The first-order valence-corrected chi connectivity index (χ1v) is 8.09. The van der Waals surface area contributed by atoms with Gasteiger partial charge in [0.05, 0.1) is 11.1 Å². The zero-order chi connectivity index (χ0) is 16.9. The van der Waals surface area contributed by atoms with Crippen molar-refractivity contribution < 1.29 is 4.79 Å². The lowest BCUT2D eigenvalue weighted by molar-refractivity contribution is 0.102. The third-order valence-corrected chi connectivity index (χ3v) is 4.73. The van der Waals surface area contributed by atoms with Gasteiger partial charge in [0.2, 0.25) is 0 Å². The molecule has 0 saturated heterocycles. The Hall–Kier alpha value is -2.82. The number of H-pyrrole nitrogens is 1. The molecular formula is C19H20N4O. The number of nitrogens with one attached hydrogen (secondary N) is 2. The first-order valence-electron chi connectivity index (χ1n) is 8.09. The maximum absolute atomic E-state index is 12.8. The van der Waals surface area contributed by atoms with Crippen molar-refractivity contribution in [1.82, 2.24) is 14.5 Å². The predicted molar refractivity (Wildman–Crippen MR) is 94.2 cm³/mol. The zero-order valence-electron chi connectivity index (χ0n) is 14.1. The fourth-order valence-electron chi connectivity index (χ4n) is 3.44. The highest BCUT2D eigenvalue weighted by Gasteiger charge is 2.34. The standard InChI is InChI=1S/C19H20N4O/c1-12-6-4-5-7-14(12)22-18(24)13-11-21-15-10-19(2,3)23-9-8-20-17(23)16(13)15/h4-9,11,21H,10H2,1-3H3,(H,22,24). The number of aromatic nitrogens is 3. The lowest BCUT2D eigenvalue weighted by atomic mass is 9.90. The van der Waals surface area contributed by atoms with Gasteiger partial charge in [-0.1, -0.05) is 18.2 Å². The summed E-state index contributed by atoms with van der Waals surface area (Å²) in [6, 6.07) is 7.78. The minimum absolute atomic E-state index is 0.0621. The molecule has 1 aromatic carbocycles. The van der Waals surface area contributed by atoms with Gasteiger partial charge in [-0.2, -0.15) is 0 Å². The van der Waals surface area contributed by atoms with Crippen LogP contribution in [0.2, 0.25) is 0 Å². The molecule has 0 radical (unpaired) electrons. The molecule has 0 aliphatic carbocycles. The Morgan fingerprint density at radius 1 is 1.33 bits per heavy atom. The van der Waals surface area contributed by atoms with Crippen molar-refractivity contribution in [3.63, 3.8) is 0 Å². The Bertz CT molecular complexity index is 933. The molecule has 0 unspecified atom stereocenters. The normalized spacial score (nSPS) is 14.8. The minimum Gasteiger partial charge on any atom is -0.364 e. The molecule has 5 heteroatoms. The quantitative estimate of drug-likeness (QED) is 0.756. The SMILES string of the molecule is Cc1ccccc1NC(=O)c1c[nH]c2c1-c1nccn1C(C)(C)C2. The summed E-state index contributed by atoms with van der Waals surface area (Å²) >= 11 is 0. The molecule has 5 nitrogen and oxygen atoms in total. The molecule has 2 N–H and O–H groups in total. The molecule has 1 amide bonds. The highest BCUT2D eigenvalue weighted by Crippen LogP contribution is 2.38. The number of anilines is 1. The van der Waals surface area contributed by atoms with E-state index in [4.69, 9.17) is 0 Å². The van der Waals surface area contributed by atoms with Crippen molar-refractivity contribution in [3.8, 4) is 11.4 Å². The summed E-state index contributed by atoms with van der Waals surface area (Å²) in [6.07, 6.45) is 6.40. The van der Waals surface area contributed by atoms with Crippen molar-refractivity contribution in [2.75, 3.05) is 5.32 Å². The molecule has 24 heavy (non-hydrogen) atoms. The smallest absolute Gasteiger partial charge is 0.257 e. The van der Waals surface area contributed by atoms with E-state index in [2.05, 4.69) is 33.7 Å². The third kappa shape index (κ3) is 2.16. The molecule has 4 rings (SSSR count). The summed E-state index contributed by atoms with van der Waals surface area (Å²) < 4.78 is 2.15. The van der Waals surface area contributed by atoms with Crippen LogP contribution in [0.1, 0.15) is 35.5 Å². The molecule has 122 valence electrons. The Kier molecular flexibility index (Phi) is 3.13. The number of nitrogens with zero attached hydrogens (tertiary/aromatic N) is 2. The Balaban J connectivity index is 1.75. The van der Waals surface area contributed by atoms with E-state index in [0.29, 0.717) is 5.56 Å². The van der Waals surface area contributed by atoms with E-state index in [-0.39, 0.29) is 11.4 Å². The van der Waals surface area contributed by atoms with Crippen molar-refractivity contribution in [2.24, 2.45) is 0 Å². The average molecular weight is 320 g/mol. The fraction of sp³-hybridized carbons (Fsp3) is 0.263. The Morgan fingerprint density at radius 2 is 2.12 bits per heavy atom. The van der Waals surface area contributed by atoms with Crippen LogP contribution in [-0.2, 0) is 12.0 Å². The first-order chi connectivity index (χ1) is 11.5. The molecule has 2 aromatic heterocycles. The lowest BCUT2D eigenvalue weighted by Gasteiger charge is -2.32. The van der Waals surface area contributed by atoms with Gasteiger partial charge in [-0.05, 0) is 32.4 Å². The predicted octanol–water partition coefficient (Wildman–Crippen LogP) is 3.73. The zero-order valence-corrected chi connectivity index (χ0v) is 14.1. The number of aromatic amines is 1. The molecular weight excluding hydrogens is 300 g/mol. The van der Waals surface area contributed by atoms with Gasteiger partial charge in [0.1, 0.15) is 5.82 Å². The van der Waals surface area contributed by atoms with E-state index in [1.54, 1.807) is 12.4 Å². The van der Waals surface area contributed by atoms with Crippen LogP contribution in [0.25, 0.3) is 11.4 Å². The summed E-state index contributed by atoms with van der Waals surface area (Å²) in [5.41, 5.74) is 4.41. The minimum atomic E-state index is -0.115. The summed E-state index contributed by atoms with van der Waals surface area (Å²) in [7, 11) is 0. The van der Waals surface area contributed by atoms with Crippen molar-refractivity contribution in [3.05, 3.63) is 59.7 Å². The maximum Gasteiger partial charge on any atom is 0.257 e. The van der Waals surface area contributed by atoms with Crippen LogP contribution < -0.4 is 5.32 Å². The van der Waals surface area contributed by atoms with Crippen LogP contribution in [0.15, 0.2) is 42.9 Å². The average Bonchev–Trinajstić information content (AvgIpc) is 3.15. The number of rotatable bonds is 2. The van der Waals surface area contributed by atoms with Crippen LogP contribution in [0, 0.1) is 6.92 Å². The first kappa shape index (κ1) is 14.8. The molecule has 0 bridgehead atoms. The molecule has 3 aromatic rings. The van der Waals surface area contributed by atoms with E-state index in [1.165, 1.54) is 0 Å². The Labute approximate surface area is 140 Å². The van der Waals surface area contributed by atoms with Gasteiger partial charge < -0.3 is 14.9 Å². The second-order valence-electron chi connectivity index (χ2n) is 6.94. The van der Waals surface area contributed by atoms with Crippen LogP contribution in [0.5, 0.6) is 0 Å². The lowest BCUT2D eigenvalue weighted by Crippen LogP contribution is -2.33. The third-order valence-electron chi connectivity index (χ3n) is 4.73. The highest BCUT2D eigenvalue weighted by molar-refractivity contribution is 6.09. The number of para-hydroxylation sites is 1. The summed E-state index contributed by atoms with van der Waals surface area (Å²) in [6.45, 7) is 6.33. The van der Waals surface area contributed by atoms with Gasteiger partial charge in [-0.25, -0.2) is 4.98 Å². The molecule has 0 saturated carbocycles. The number of fused-ring (bicyclic) bond motifs is 3. The van der Waals surface area contributed by atoms with Crippen molar-refractivity contribution >= 4 is 11.6 Å². The molecule has 1 aliphatic rings. The van der Waals surface area contributed by atoms with Crippen LogP contribution in [0.3, 0.4) is 0 Å². The van der Waals surface area contributed by atoms with Crippen LogP contribution >= 0.6 is 0 Å². The van der Waals surface area contributed by atoms with Crippen LogP contribution in [-0.4, -0.2) is 20.4 Å². The monoisotopic (exact) mass is 320 g/mol. The maximum atomic E-state index is 12.8. The summed E-state index contributed by atoms with van der Waals surface area (Å²) in [5.74, 6) is 0.730. The van der Waals surface area contributed by atoms with E-state index in [0.717, 1.165) is 34.8 Å². The van der Waals surface area contributed by atoms with Gasteiger partial charge in [-0.3, -0.25) is 4.79 Å². The molecule has 0 fully saturated rings. The van der Waals surface area contributed by atoms with Gasteiger partial charge in [-0.15, -0.1) is 0 Å². The number of amides is 1. The second-order valence-corrected chi connectivity index (χ2v) is 6.94. The number of carbonyl (C=O) groups is 1. The summed E-state index contributed by atoms with van der Waals surface area (Å²) in [5, 5.41) is 3.01. The van der Waals surface area contributed by atoms with E-state index < -0.39 is 0 Å². The topological polar surface area (TPSA) is 62.7 Å². The molecule has 0 spiro atoms. The highest BCUT2D eigenvalue weighted by atomic mass is 16.1. The molecule has 3 heterocycles. The van der Waals surface area contributed by atoms with Gasteiger partial charge in [0.15, 0.2) is 0 Å². The number of aryl methyl sites for hydroxylation is 1. The number of hydrogen-bond donors (Lipinski definition) is 2. The van der Waals surface area contributed by atoms with Gasteiger partial charge in [0, 0.05) is 41.9 Å². The largest absolute Gasteiger partial charge is 0.364 e. The van der Waals surface area contributed by atoms with Gasteiger partial charge in [0.25, 0.3) is 5.91 Å². The van der Waals surface area contributed by atoms with E-state index in [1.807, 2.05) is 37.4 Å².